The lowest BCUT2D eigenvalue weighted by Gasteiger charge is -2.14. The molecule has 0 saturated heterocycles. The maximum Gasteiger partial charge on any atom is 0.296 e. The van der Waals surface area contributed by atoms with Gasteiger partial charge in [-0.05, 0) is 84.6 Å². The molecule has 18 heteroatoms. The van der Waals surface area contributed by atoms with E-state index in [2.05, 4.69) is 25.6 Å². The molecule has 0 bridgehead atoms. The number of phenols is 1. The van der Waals surface area contributed by atoms with Crippen molar-refractivity contribution in [2.75, 3.05) is 17.2 Å². The number of rotatable bonds is 7. The Labute approximate surface area is 268 Å². The van der Waals surface area contributed by atoms with Crippen LogP contribution in [-0.4, -0.2) is 31.0 Å². The summed E-state index contributed by atoms with van der Waals surface area (Å²) in [5.74, 6) is -0.725. The highest BCUT2D eigenvalue weighted by Gasteiger charge is 2.26. The number of hydrogen-bond donors (Lipinski definition) is 7. The van der Waals surface area contributed by atoms with Crippen molar-refractivity contribution in [2.45, 2.75) is 16.7 Å². The lowest BCUT2D eigenvalue weighted by molar-refractivity contribution is 0.472. The smallest absolute Gasteiger partial charge is 0.296 e. The van der Waals surface area contributed by atoms with Crippen LogP contribution in [0.2, 0.25) is 0 Å². The first-order valence-corrected chi connectivity index (χ1v) is 16.0. The van der Waals surface area contributed by atoms with Crippen LogP contribution in [0, 0.1) is 12.5 Å². The van der Waals surface area contributed by atoms with Gasteiger partial charge in [-0.15, -0.1) is 10.2 Å². The topological polar surface area (TPSA) is 293 Å². The molecular weight excluding hydrogens is 651 g/mol. The summed E-state index contributed by atoms with van der Waals surface area (Å²) in [6.07, 6.45) is 0. The fourth-order valence-corrected chi connectivity index (χ4v) is 5.58. The van der Waals surface area contributed by atoms with Gasteiger partial charge < -0.3 is 22.3 Å². The van der Waals surface area contributed by atoms with Gasteiger partial charge in [0.25, 0.3) is 20.2 Å². The summed E-state index contributed by atoms with van der Waals surface area (Å²) in [7, 11) is -9.57. The van der Waals surface area contributed by atoms with Gasteiger partial charge in [-0.25, -0.2) is 5.53 Å². The molecule has 0 saturated carbocycles. The standard InChI is InChI=1S/C17H15N3O7S2.C12H12N6/c1-9-12(28(22,23)24)7-10-8-13(29(25,26)27)16(17(21)14(10)15(9)18)20-19-11-5-3-2-4-6-11;13-8-1-6-12(11(14)7-8)18-17-10-4-2-9(16-15)3-5-10/h2-8,21H,18H2,1H3,(H,22,23,24)(H,25,26,27);1-7,15H,13-14H2. The fraction of sp³-hybridized carbons (Fsp3) is 0.0345. The molecule has 0 spiro atoms. The first-order chi connectivity index (χ1) is 22.1. The van der Waals surface area contributed by atoms with Crippen molar-refractivity contribution in [1.29, 1.82) is 5.53 Å². The average molecular weight is 678 g/mol. The Morgan fingerprint density at radius 3 is 1.81 bits per heavy atom. The molecule has 47 heavy (non-hydrogen) atoms. The number of azo groups is 2. The van der Waals surface area contributed by atoms with Crippen LogP contribution in [0.5, 0.6) is 5.75 Å². The van der Waals surface area contributed by atoms with Crippen LogP contribution in [0.25, 0.3) is 10.8 Å². The van der Waals surface area contributed by atoms with Gasteiger partial charge >= 0.3 is 0 Å². The van der Waals surface area contributed by atoms with Crippen molar-refractivity contribution < 1.29 is 31.0 Å². The molecule has 0 fully saturated rings. The van der Waals surface area contributed by atoms with Gasteiger partial charge in [-0.3, -0.25) is 9.11 Å². The van der Waals surface area contributed by atoms with E-state index in [9.17, 15) is 31.0 Å². The Morgan fingerprint density at radius 2 is 1.23 bits per heavy atom. The monoisotopic (exact) mass is 677 g/mol. The fourth-order valence-electron chi connectivity index (χ4n) is 4.15. The lowest BCUT2D eigenvalue weighted by Crippen LogP contribution is -2.05. The Hall–Kier alpha value is -5.82. The Kier molecular flexibility index (Phi) is 9.90. The number of anilines is 3. The van der Waals surface area contributed by atoms with E-state index >= 15 is 0 Å². The predicted molar refractivity (Wildman–Crippen MR) is 176 cm³/mol. The van der Waals surface area contributed by atoms with Gasteiger partial charge in [0.1, 0.15) is 16.3 Å². The molecule has 5 aromatic rings. The SMILES string of the molecule is Cc1c(S(=O)(=O)O)cc2cc(S(=O)(=O)O)c(N=Nc3ccccc3)c(O)c2c1N.N=Nc1ccc(N=Nc2ccc(N)cc2N)cc1. The third kappa shape index (κ3) is 8.07. The van der Waals surface area contributed by atoms with E-state index < -0.39 is 41.5 Å². The summed E-state index contributed by atoms with van der Waals surface area (Å²) in [6, 6.07) is 21.9. The Balaban J connectivity index is 0.000000238. The second kappa shape index (κ2) is 13.7. The molecule has 5 aromatic carbocycles. The minimum absolute atomic E-state index is 0.0548. The summed E-state index contributed by atoms with van der Waals surface area (Å²) >= 11 is 0. The summed E-state index contributed by atoms with van der Waals surface area (Å²) in [5.41, 5.74) is 26.5. The first-order valence-electron chi connectivity index (χ1n) is 13.1. The van der Waals surface area contributed by atoms with E-state index in [1.54, 1.807) is 72.8 Å². The van der Waals surface area contributed by atoms with E-state index in [1.165, 1.54) is 6.92 Å². The van der Waals surface area contributed by atoms with Gasteiger partial charge in [0.2, 0.25) is 0 Å². The molecule has 0 amide bonds. The maximum absolute atomic E-state index is 11.8. The number of nitrogen functional groups attached to an aromatic ring is 3. The average Bonchev–Trinajstić information content (AvgIpc) is 3.01. The third-order valence-corrected chi connectivity index (χ3v) is 8.33. The van der Waals surface area contributed by atoms with Crippen molar-refractivity contribution in [3.05, 3.63) is 90.5 Å². The Morgan fingerprint density at radius 1 is 0.681 bits per heavy atom. The molecule has 16 nitrogen and oxygen atoms in total. The zero-order valence-electron chi connectivity index (χ0n) is 24.3. The van der Waals surface area contributed by atoms with Crippen LogP contribution in [0.3, 0.4) is 0 Å². The van der Waals surface area contributed by atoms with Gasteiger partial charge in [0, 0.05) is 16.8 Å². The Bertz CT molecular complexity index is 2260. The van der Waals surface area contributed by atoms with Crippen LogP contribution in [0.4, 0.5) is 45.5 Å². The zero-order valence-corrected chi connectivity index (χ0v) is 26.0. The molecule has 0 aromatic heterocycles. The van der Waals surface area contributed by atoms with Gasteiger partial charge in [-0.2, -0.15) is 32.2 Å². The second-order valence-corrected chi connectivity index (χ2v) is 12.5. The van der Waals surface area contributed by atoms with Crippen LogP contribution in [-0.2, 0) is 20.2 Å². The van der Waals surface area contributed by atoms with Crippen molar-refractivity contribution in [1.82, 2.24) is 0 Å². The number of nitrogens with two attached hydrogens (primary N) is 3. The van der Waals surface area contributed by atoms with Crippen LogP contribution in [0.15, 0.2) is 120 Å². The number of aromatic hydroxyl groups is 1. The zero-order chi connectivity index (χ0) is 34.5. The van der Waals surface area contributed by atoms with E-state index in [0.717, 1.165) is 12.1 Å². The first kappa shape index (κ1) is 34.1. The number of nitrogens with one attached hydrogen (secondary N) is 1. The largest absolute Gasteiger partial charge is 0.505 e. The van der Waals surface area contributed by atoms with Crippen LogP contribution >= 0.6 is 0 Å². The lowest BCUT2D eigenvalue weighted by atomic mass is 10.0. The van der Waals surface area contributed by atoms with E-state index in [0.29, 0.717) is 34.1 Å². The normalized spacial score (nSPS) is 11.9. The van der Waals surface area contributed by atoms with E-state index in [4.69, 9.17) is 22.7 Å². The second-order valence-electron chi connectivity index (χ2n) is 9.72. The number of phenolic OH excluding ortho intramolecular Hbond substituents is 1. The summed E-state index contributed by atoms with van der Waals surface area (Å²) < 4.78 is 65.8. The quantitative estimate of drug-likeness (QED) is 0.0513. The number of fused-ring (bicyclic) bond motifs is 1. The number of hydrogen-bond acceptors (Lipinski definition) is 14. The third-order valence-electron chi connectivity index (χ3n) is 6.48. The molecule has 0 heterocycles. The summed E-state index contributed by atoms with van der Waals surface area (Å²) in [5, 5.41) is 29.4. The number of nitrogens with zero attached hydrogens (tertiary/aromatic N) is 5. The van der Waals surface area contributed by atoms with Crippen molar-refractivity contribution in [3.63, 3.8) is 0 Å². The summed E-state index contributed by atoms with van der Waals surface area (Å²) in [6.45, 7) is 1.30. The van der Waals surface area contributed by atoms with Crippen molar-refractivity contribution >= 4 is 76.5 Å². The minimum Gasteiger partial charge on any atom is -0.505 e. The van der Waals surface area contributed by atoms with Crippen molar-refractivity contribution in [2.24, 2.45) is 25.6 Å². The summed E-state index contributed by atoms with van der Waals surface area (Å²) in [4.78, 5) is -1.38. The predicted octanol–water partition coefficient (Wildman–Crippen LogP) is 7.27. The van der Waals surface area contributed by atoms with Crippen molar-refractivity contribution in [3.8, 4) is 5.75 Å². The molecule has 0 aliphatic rings. The maximum atomic E-state index is 11.8. The van der Waals surface area contributed by atoms with Crippen LogP contribution < -0.4 is 17.2 Å². The van der Waals surface area contributed by atoms with Gasteiger partial charge in [0.15, 0.2) is 5.75 Å². The molecule has 10 N–H and O–H groups in total. The van der Waals surface area contributed by atoms with Gasteiger partial charge in [-0.1, -0.05) is 18.2 Å². The highest BCUT2D eigenvalue weighted by atomic mass is 32.2. The minimum atomic E-state index is -4.89. The highest BCUT2D eigenvalue weighted by Crippen LogP contribution is 2.45. The highest BCUT2D eigenvalue weighted by molar-refractivity contribution is 7.86. The molecule has 0 aliphatic heterocycles. The van der Waals surface area contributed by atoms with E-state index in [1.807, 2.05) is 0 Å². The molecular formula is C29H27N9O7S2. The molecule has 0 atom stereocenters. The van der Waals surface area contributed by atoms with Crippen LogP contribution in [0.1, 0.15) is 5.56 Å². The van der Waals surface area contributed by atoms with Gasteiger partial charge in [0.05, 0.1) is 27.6 Å². The molecule has 0 aliphatic carbocycles. The molecule has 0 radical (unpaired) electrons. The molecule has 0 unspecified atom stereocenters. The molecule has 242 valence electrons. The van der Waals surface area contributed by atoms with E-state index in [-0.39, 0.29) is 22.0 Å². The number of benzene rings is 5. The molecule has 5 rings (SSSR count).